The van der Waals surface area contributed by atoms with Gasteiger partial charge in [0.2, 0.25) is 0 Å². The molecule has 2 aromatic rings. The molecule has 0 aliphatic heterocycles. The molecule has 16 heavy (non-hydrogen) atoms. The van der Waals surface area contributed by atoms with Gasteiger partial charge < -0.3 is 5.73 Å². The van der Waals surface area contributed by atoms with Gasteiger partial charge in [-0.3, -0.25) is 5.10 Å². The standard InChI is InChI=1S/C10H8F3N3/c11-7-4-9(13)8(12)2-5(7)1-6-3-10(14)16-15-6/h2-4H,1H2,(H3,14,15,16). The second kappa shape index (κ2) is 3.88. The van der Waals surface area contributed by atoms with Crippen LogP contribution in [0, 0.1) is 17.5 Å². The van der Waals surface area contributed by atoms with E-state index in [2.05, 4.69) is 10.2 Å². The number of nitrogens with one attached hydrogen (secondary N) is 1. The van der Waals surface area contributed by atoms with Crippen LogP contribution < -0.4 is 5.73 Å². The van der Waals surface area contributed by atoms with E-state index in [1.807, 2.05) is 0 Å². The number of hydrogen-bond donors (Lipinski definition) is 2. The lowest BCUT2D eigenvalue weighted by molar-refractivity contribution is 0.491. The maximum absolute atomic E-state index is 13.3. The van der Waals surface area contributed by atoms with Gasteiger partial charge in [0.05, 0.1) is 0 Å². The molecule has 0 unspecified atom stereocenters. The minimum Gasteiger partial charge on any atom is -0.382 e. The van der Waals surface area contributed by atoms with Crippen molar-refractivity contribution in [2.24, 2.45) is 0 Å². The average Bonchev–Trinajstić information content (AvgIpc) is 2.60. The van der Waals surface area contributed by atoms with Gasteiger partial charge in [0.1, 0.15) is 11.6 Å². The van der Waals surface area contributed by atoms with Crippen LogP contribution >= 0.6 is 0 Å². The molecule has 0 radical (unpaired) electrons. The van der Waals surface area contributed by atoms with Crippen LogP contribution in [0.25, 0.3) is 0 Å². The molecule has 6 heteroatoms. The summed E-state index contributed by atoms with van der Waals surface area (Å²) in [6.45, 7) is 0. The Bertz CT molecular complexity index is 522. The van der Waals surface area contributed by atoms with Crippen LogP contribution in [0.1, 0.15) is 11.3 Å². The zero-order valence-corrected chi connectivity index (χ0v) is 8.10. The van der Waals surface area contributed by atoms with Gasteiger partial charge in [-0.1, -0.05) is 0 Å². The first-order chi connectivity index (χ1) is 7.56. The SMILES string of the molecule is Nc1cc(Cc2cc(F)c(F)cc2F)[nH]n1. The molecule has 3 N–H and O–H groups in total. The lowest BCUT2D eigenvalue weighted by atomic mass is 10.1. The van der Waals surface area contributed by atoms with Crippen LogP contribution in [-0.4, -0.2) is 10.2 Å². The van der Waals surface area contributed by atoms with E-state index in [1.54, 1.807) is 0 Å². The second-order valence-corrected chi connectivity index (χ2v) is 3.35. The van der Waals surface area contributed by atoms with Crippen LogP contribution in [-0.2, 0) is 6.42 Å². The lowest BCUT2D eigenvalue weighted by Gasteiger charge is -2.02. The number of nitrogen functional groups attached to an aromatic ring is 1. The van der Waals surface area contributed by atoms with Crippen molar-refractivity contribution in [3.8, 4) is 0 Å². The largest absolute Gasteiger partial charge is 0.382 e. The summed E-state index contributed by atoms with van der Waals surface area (Å²) in [7, 11) is 0. The molecule has 1 aromatic carbocycles. The summed E-state index contributed by atoms with van der Waals surface area (Å²) in [5.41, 5.74) is 5.93. The quantitative estimate of drug-likeness (QED) is 0.771. The smallest absolute Gasteiger partial charge is 0.161 e. The molecule has 1 heterocycles. The fourth-order valence-corrected chi connectivity index (χ4v) is 1.37. The summed E-state index contributed by atoms with van der Waals surface area (Å²) in [6, 6.07) is 2.84. The van der Waals surface area contributed by atoms with E-state index in [-0.39, 0.29) is 17.8 Å². The van der Waals surface area contributed by atoms with Gasteiger partial charge in [-0.25, -0.2) is 13.2 Å². The van der Waals surface area contributed by atoms with Gasteiger partial charge in [0.25, 0.3) is 0 Å². The monoisotopic (exact) mass is 227 g/mol. The molecule has 84 valence electrons. The summed E-state index contributed by atoms with van der Waals surface area (Å²) >= 11 is 0. The minimum atomic E-state index is -1.20. The number of hydrogen-bond acceptors (Lipinski definition) is 2. The third-order valence-corrected chi connectivity index (χ3v) is 2.12. The predicted molar refractivity (Wildman–Crippen MR) is 52.1 cm³/mol. The first-order valence-electron chi connectivity index (χ1n) is 4.49. The number of H-pyrrole nitrogens is 1. The Labute approximate surface area is 89.1 Å². The van der Waals surface area contributed by atoms with Crippen LogP contribution in [0.4, 0.5) is 19.0 Å². The number of benzene rings is 1. The molecule has 0 aliphatic rings. The number of aromatic amines is 1. The Hall–Kier alpha value is -1.98. The molecule has 0 atom stereocenters. The highest BCUT2D eigenvalue weighted by molar-refractivity contribution is 5.32. The average molecular weight is 227 g/mol. The zero-order chi connectivity index (χ0) is 11.7. The van der Waals surface area contributed by atoms with Gasteiger partial charge in [-0.05, 0) is 11.6 Å². The minimum absolute atomic E-state index is 0.0440. The van der Waals surface area contributed by atoms with Crippen LogP contribution in [0.2, 0.25) is 0 Å². The molecule has 0 amide bonds. The Morgan fingerprint density at radius 1 is 1.06 bits per heavy atom. The van der Waals surface area contributed by atoms with Crippen molar-refractivity contribution in [1.82, 2.24) is 10.2 Å². The molecule has 0 spiro atoms. The summed E-state index contributed by atoms with van der Waals surface area (Å²) in [6.07, 6.45) is 0.0766. The van der Waals surface area contributed by atoms with Gasteiger partial charge in [0.15, 0.2) is 11.6 Å². The first-order valence-corrected chi connectivity index (χ1v) is 4.49. The van der Waals surface area contributed by atoms with Gasteiger partial charge >= 0.3 is 0 Å². The van der Waals surface area contributed by atoms with Crippen LogP contribution in [0.3, 0.4) is 0 Å². The molecule has 3 nitrogen and oxygen atoms in total. The highest BCUT2D eigenvalue weighted by Crippen LogP contribution is 2.17. The number of nitrogens with two attached hydrogens (primary N) is 1. The van der Waals surface area contributed by atoms with Crippen molar-refractivity contribution in [2.75, 3.05) is 5.73 Å². The maximum atomic E-state index is 13.3. The second-order valence-electron chi connectivity index (χ2n) is 3.35. The van der Waals surface area contributed by atoms with Crippen molar-refractivity contribution >= 4 is 5.82 Å². The van der Waals surface area contributed by atoms with Gasteiger partial charge in [-0.15, -0.1) is 0 Å². The van der Waals surface area contributed by atoms with Crippen molar-refractivity contribution in [3.63, 3.8) is 0 Å². The Kier molecular flexibility index (Phi) is 2.55. The van der Waals surface area contributed by atoms with Gasteiger partial charge in [-0.2, -0.15) is 5.10 Å². The van der Waals surface area contributed by atoms with E-state index in [9.17, 15) is 13.2 Å². The highest BCUT2D eigenvalue weighted by Gasteiger charge is 2.11. The molecule has 0 aliphatic carbocycles. The molecule has 2 rings (SSSR count). The third kappa shape index (κ3) is 2.00. The normalized spacial score (nSPS) is 10.7. The Balaban J connectivity index is 2.31. The molecule has 0 fully saturated rings. The summed E-state index contributed by atoms with van der Waals surface area (Å²) < 4.78 is 38.8. The number of halogens is 3. The topological polar surface area (TPSA) is 54.7 Å². The molecule has 0 saturated heterocycles. The molecule has 0 bridgehead atoms. The first kappa shape index (κ1) is 10.5. The number of aromatic nitrogens is 2. The summed E-state index contributed by atoms with van der Waals surface area (Å²) in [5.74, 6) is -2.82. The molecular formula is C10H8F3N3. The summed E-state index contributed by atoms with van der Waals surface area (Å²) in [5, 5.41) is 6.20. The number of nitrogens with zero attached hydrogens (tertiary/aromatic N) is 1. The number of anilines is 1. The number of rotatable bonds is 2. The van der Waals surface area contributed by atoms with Crippen molar-refractivity contribution in [2.45, 2.75) is 6.42 Å². The fourth-order valence-electron chi connectivity index (χ4n) is 1.37. The van der Waals surface area contributed by atoms with E-state index < -0.39 is 17.5 Å². The lowest BCUT2D eigenvalue weighted by Crippen LogP contribution is -1.97. The van der Waals surface area contributed by atoms with Crippen LogP contribution in [0.5, 0.6) is 0 Å². The van der Waals surface area contributed by atoms with Crippen molar-refractivity contribution < 1.29 is 13.2 Å². The maximum Gasteiger partial charge on any atom is 0.161 e. The van der Waals surface area contributed by atoms with E-state index in [0.29, 0.717) is 11.8 Å². The molecular weight excluding hydrogens is 219 g/mol. The van der Waals surface area contributed by atoms with E-state index in [4.69, 9.17) is 5.73 Å². The van der Waals surface area contributed by atoms with E-state index in [0.717, 1.165) is 6.07 Å². The highest BCUT2D eigenvalue weighted by atomic mass is 19.2. The van der Waals surface area contributed by atoms with Crippen LogP contribution in [0.15, 0.2) is 18.2 Å². The van der Waals surface area contributed by atoms with Crippen molar-refractivity contribution in [3.05, 3.63) is 46.9 Å². The molecule has 0 saturated carbocycles. The fraction of sp³-hybridized carbons (Fsp3) is 0.100. The predicted octanol–water partition coefficient (Wildman–Crippen LogP) is 2.00. The molecule has 1 aromatic heterocycles. The van der Waals surface area contributed by atoms with E-state index >= 15 is 0 Å². The Morgan fingerprint density at radius 3 is 2.38 bits per heavy atom. The van der Waals surface area contributed by atoms with E-state index in [1.165, 1.54) is 6.07 Å². The summed E-state index contributed by atoms with van der Waals surface area (Å²) in [4.78, 5) is 0. The zero-order valence-electron chi connectivity index (χ0n) is 8.10. The third-order valence-electron chi connectivity index (χ3n) is 2.12. The Morgan fingerprint density at radius 2 is 1.75 bits per heavy atom. The van der Waals surface area contributed by atoms with Gasteiger partial charge in [0, 0.05) is 24.2 Å². The van der Waals surface area contributed by atoms with Crippen molar-refractivity contribution in [1.29, 1.82) is 0 Å².